The first-order valence-corrected chi connectivity index (χ1v) is 6.47. The monoisotopic (exact) mass is 262 g/mol. The molecule has 0 spiro atoms. The number of nitrogens with one attached hydrogen (secondary N) is 1. The molecule has 2 rings (SSSR count). The second kappa shape index (κ2) is 5.88. The maximum atomic E-state index is 12.1. The maximum absolute atomic E-state index is 12.1. The molecule has 0 radical (unpaired) electrons. The lowest BCUT2D eigenvalue weighted by Crippen LogP contribution is -2.41. The van der Waals surface area contributed by atoms with Crippen LogP contribution in [0.5, 0.6) is 0 Å². The Kier molecular flexibility index (Phi) is 4.22. The van der Waals surface area contributed by atoms with Gasteiger partial charge in [-0.05, 0) is 25.0 Å². The smallest absolute Gasteiger partial charge is 0.254 e. The Morgan fingerprint density at radius 2 is 2.28 bits per heavy atom. The summed E-state index contributed by atoms with van der Waals surface area (Å²) in [5, 5.41) is 3.20. The molecule has 1 amide bonds. The lowest BCUT2D eigenvalue weighted by atomic mass is 9.85. The van der Waals surface area contributed by atoms with Crippen molar-refractivity contribution in [3.05, 3.63) is 29.0 Å². The molecule has 0 aromatic carbocycles. The Balaban J connectivity index is 2.07. The number of amides is 1. The molecule has 1 fully saturated rings. The summed E-state index contributed by atoms with van der Waals surface area (Å²) in [4.78, 5) is 16.0. The van der Waals surface area contributed by atoms with E-state index < -0.39 is 0 Å². The molecule has 2 unspecified atom stereocenters. The van der Waals surface area contributed by atoms with Crippen LogP contribution in [0.15, 0.2) is 18.3 Å². The SMILES string of the molecule is C#CC1CCCCC1NC(=O)c1cccnc1Cl. The molecule has 1 N–H and O–H groups in total. The molecular weight excluding hydrogens is 248 g/mol. The molecule has 1 saturated carbocycles. The minimum atomic E-state index is -0.194. The average Bonchev–Trinajstić information content (AvgIpc) is 2.39. The highest BCUT2D eigenvalue weighted by Gasteiger charge is 2.25. The predicted molar refractivity (Wildman–Crippen MR) is 71.3 cm³/mol. The number of aromatic nitrogens is 1. The molecule has 0 aliphatic heterocycles. The van der Waals surface area contributed by atoms with Gasteiger partial charge in [-0.15, -0.1) is 12.3 Å². The molecule has 4 heteroatoms. The van der Waals surface area contributed by atoms with Gasteiger partial charge in [0.25, 0.3) is 5.91 Å². The van der Waals surface area contributed by atoms with Crippen LogP contribution in [0.25, 0.3) is 0 Å². The number of rotatable bonds is 2. The molecule has 1 aliphatic carbocycles. The van der Waals surface area contributed by atoms with E-state index in [2.05, 4.69) is 16.2 Å². The van der Waals surface area contributed by atoms with Crippen LogP contribution in [-0.2, 0) is 0 Å². The van der Waals surface area contributed by atoms with Gasteiger partial charge in [-0.1, -0.05) is 24.4 Å². The molecule has 0 saturated heterocycles. The normalized spacial score (nSPS) is 23.1. The minimum absolute atomic E-state index is 0.0486. The quantitative estimate of drug-likeness (QED) is 0.658. The van der Waals surface area contributed by atoms with Crippen molar-refractivity contribution in [1.82, 2.24) is 10.3 Å². The van der Waals surface area contributed by atoms with Gasteiger partial charge in [0, 0.05) is 18.2 Å². The van der Waals surface area contributed by atoms with Crippen molar-refractivity contribution in [3.63, 3.8) is 0 Å². The van der Waals surface area contributed by atoms with Crippen LogP contribution in [0, 0.1) is 18.3 Å². The van der Waals surface area contributed by atoms with Crippen molar-refractivity contribution >= 4 is 17.5 Å². The number of halogens is 1. The molecule has 1 aliphatic rings. The Hall–Kier alpha value is -1.53. The highest BCUT2D eigenvalue weighted by Crippen LogP contribution is 2.24. The third-order valence-electron chi connectivity index (χ3n) is 3.30. The van der Waals surface area contributed by atoms with Crippen LogP contribution in [-0.4, -0.2) is 16.9 Å². The molecule has 1 aromatic heterocycles. The van der Waals surface area contributed by atoms with Gasteiger partial charge in [0.05, 0.1) is 5.56 Å². The topological polar surface area (TPSA) is 42.0 Å². The number of hydrogen-bond donors (Lipinski definition) is 1. The fourth-order valence-corrected chi connectivity index (χ4v) is 2.51. The second-order valence-electron chi connectivity index (χ2n) is 4.48. The molecule has 1 heterocycles. The summed E-state index contributed by atoms with van der Waals surface area (Å²) >= 11 is 5.89. The number of nitrogens with zero attached hydrogens (tertiary/aromatic N) is 1. The second-order valence-corrected chi connectivity index (χ2v) is 4.84. The molecule has 18 heavy (non-hydrogen) atoms. The van der Waals surface area contributed by atoms with Crippen LogP contribution in [0.2, 0.25) is 5.15 Å². The Morgan fingerprint density at radius 1 is 1.50 bits per heavy atom. The number of hydrogen-bond acceptors (Lipinski definition) is 2. The van der Waals surface area contributed by atoms with E-state index in [1.165, 1.54) is 0 Å². The third-order valence-corrected chi connectivity index (χ3v) is 3.60. The molecule has 2 atom stereocenters. The largest absolute Gasteiger partial charge is 0.348 e. The van der Waals surface area contributed by atoms with Crippen LogP contribution in [0.4, 0.5) is 0 Å². The van der Waals surface area contributed by atoms with Gasteiger partial charge in [0.15, 0.2) is 0 Å². The van der Waals surface area contributed by atoms with Gasteiger partial charge in [-0.3, -0.25) is 4.79 Å². The Labute approximate surface area is 112 Å². The van der Waals surface area contributed by atoms with Crippen molar-refractivity contribution in [2.75, 3.05) is 0 Å². The first kappa shape index (κ1) is 12.9. The first-order chi connectivity index (χ1) is 8.72. The van der Waals surface area contributed by atoms with E-state index in [1.807, 2.05) is 0 Å². The van der Waals surface area contributed by atoms with E-state index in [-0.39, 0.29) is 23.0 Å². The van der Waals surface area contributed by atoms with Gasteiger partial charge in [0.2, 0.25) is 0 Å². The lowest BCUT2D eigenvalue weighted by molar-refractivity contribution is 0.0917. The number of carbonyl (C=O) groups is 1. The summed E-state index contributed by atoms with van der Waals surface area (Å²) in [5.41, 5.74) is 0.403. The average molecular weight is 263 g/mol. The summed E-state index contributed by atoms with van der Waals surface area (Å²) in [7, 11) is 0. The van der Waals surface area contributed by atoms with Crippen molar-refractivity contribution in [2.24, 2.45) is 5.92 Å². The highest BCUT2D eigenvalue weighted by molar-refractivity contribution is 6.32. The standard InChI is InChI=1S/C14H15ClN2O/c1-2-10-6-3-4-8-12(10)17-14(18)11-7-5-9-16-13(11)15/h1,5,7,9-10,12H,3-4,6,8H2,(H,17,18). The first-order valence-electron chi connectivity index (χ1n) is 6.10. The zero-order valence-electron chi connectivity index (χ0n) is 10.0. The highest BCUT2D eigenvalue weighted by atomic mass is 35.5. The van der Waals surface area contributed by atoms with E-state index in [0.717, 1.165) is 25.7 Å². The zero-order valence-corrected chi connectivity index (χ0v) is 10.8. The fraction of sp³-hybridized carbons (Fsp3) is 0.429. The van der Waals surface area contributed by atoms with Gasteiger partial charge in [0.1, 0.15) is 5.15 Å². The Bertz CT molecular complexity index is 481. The molecule has 0 bridgehead atoms. The van der Waals surface area contributed by atoms with Crippen molar-refractivity contribution in [1.29, 1.82) is 0 Å². The van der Waals surface area contributed by atoms with E-state index in [0.29, 0.717) is 5.56 Å². The Morgan fingerprint density at radius 3 is 3.00 bits per heavy atom. The van der Waals surface area contributed by atoms with Crippen LogP contribution >= 0.6 is 11.6 Å². The maximum Gasteiger partial charge on any atom is 0.254 e. The van der Waals surface area contributed by atoms with Gasteiger partial charge >= 0.3 is 0 Å². The summed E-state index contributed by atoms with van der Waals surface area (Å²) < 4.78 is 0. The lowest BCUT2D eigenvalue weighted by Gasteiger charge is -2.28. The van der Waals surface area contributed by atoms with E-state index in [4.69, 9.17) is 18.0 Å². The molecular formula is C14H15ClN2O. The van der Waals surface area contributed by atoms with Crippen molar-refractivity contribution < 1.29 is 4.79 Å². The predicted octanol–water partition coefficient (Wildman–Crippen LogP) is 2.66. The summed E-state index contributed by atoms with van der Waals surface area (Å²) in [6.45, 7) is 0. The van der Waals surface area contributed by atoms with E-state index >= 15 is 0 Å². The van der Waals surface area contributed by atoms with Crippen LogP contribution in [0.1, 0.15) is 36.0 Å². The zero-order chi connectivity index (χ0) is 13.0. The molecule has 3 nitrogen and oxygen atoms in total. The van der Waals surface area contributed by atoms with Crippen molar-refractivity contribution in [3.8, 4) is 12.3 Å². The summed E-state index contributed by atoms with van der Waals surface area (Å²) in [6.07, 6.45) is 11.2. The van der Waals surface area contributed by atoms with Gasteiger partial charge in [-0.2, -0.15) is 0 Å². The molecule has 94 valence electrons. The van der Waals surface area contributed by atoms with Gasteiger partial charge in [-0.25, -0.2) is 4.98 Å². The number of pyridine rings is 1. The van der Waals surface area contributed by atoms with Crippen LogP contribution in [0.3, 0.4) is 0 Å². The third kappa shape index (κ3) is 2.83. The summed E-state index contributed by atoms with van der Waals surface area (Å²) in [6, 6.07) is 3.41. The van der Waals surface area contributed by atoms with Crippen LogP contribution < -0.4 is 5.32 Å². The van der Waals surface area contributed by atoms with Gasteiger partial charge < -0.3 is 5.32 Å². The molecule has 1 aromatic rings. The van der Waals surface area contributed by atoms with E-state index in [1.54, 1.807) is 18.3 Å². The van der Waals surface area contributed by atoms with E-state index in [9.17, 15) is 4.79 Å². The van der Waals surface area contributed by atoms with Crippen molar-refractivity contribution in [2.45, 2.75) is 31.7 Å². The number of carbonyl (C=O) groups excluding carboxylic acids is 1. The minimum Gasteiger partial charge on any atom is -0.348 e. The fourth-order valence-electron chi connectivity index (χ4n) is 2.30. The summed E-state index contributed by atoms with van der Waals surface area (Å²) in [5.74, 6) is 2.69. The number of terminal acetylenes is 1.